The van der Waals surface area contributed by atoms with Gasteiger partial charge >= 0.3 is 0 Å². The van der Waals surface area contributed by atoms with E-state index in [0.717, 1.165) is 12.8 Å². The minimum Gasteiger partial charge on any atom is -0.349 e. The predicted molar refractivity (Wildman–Crippen MR) is 76.4 cm³/mol. The Balaban J connectivity index is 2.56. The van der Waals surface area contributed by atoms with Crippen molar-refractivity contribution in [3.8, 4) is 0 Å². The second-order valence-electron chi connectivity index (χ2n) is 5.37. The molecule has 100 valence electrons. The zero-order valence-corrected chi connectivity index (χ0v) is 12.0. The molecule has 1 unspecified atom stereocenters. The summed E-state index contributed by atoms with van der Waals surface area (Å²) in [6, 6.07) is 8.54. The minimum absolute atomic E-state index is 0.144. The van der Waals surface area contributed by atoms with Crippen LogP contribution in [-0.4, -0.2) is 5.91 Å². The third-order valence-corrected chi connectivity index (χ3v) is 3.17. The summed E-state index contributed by atoms with van der Waals surface area (Å²) in [5, 5.41) is 3.12. The van der Waals surface area contributed by atoms with Crippen LogP contribution in [0.4, 0.5) is 0 Å². The van der Waals surface area contributed by atoms with Crippen LogP contribution in [0.3, 0.4) is 0 Å². The van der Waals surface area contributed by atoms with Gasteiger partial charge in [-0.15, -0.1) is 0 Å². The first-order chi connectivity index (χ1) is 8.52. The maximum atomic E-state index is 11.8. The number of amides is 1. The van der Waals surface area contributed by atoms with Crippen molar-refractivity contribution in [1.29, 1.82) is 0 Å². The van der Waals surface area contributed by atoms with Crippen LogP contribution >= 0.6 is 0 Å². The monoisotopic (exact) mass is 247 g/mol. The van der Waals surface area contributed by atoms with E-state index in [9.17, 15) is 4.79 Å². The highest BCUT2D eigenvalue weighted by atomic mass is 16.1. The third kappa shape index (κ3) is 4.91. The molecule has 0 fully saturated rings. The van der Waals surface area contributed by atoms with Crippen molar-refractivity contribution >= 4 is 5.91 Å². The van der Waals surface area contributed by atoms with Crippen LogP contribution in [0.5, 0.6) is 0 Å². The van der Waals surface area contributed by atoms with Gasteiger partial charge in [-0.3, -0.25) is 4.79 Å². The van der Waals surface area contributed by atoms with E-state index in [0.29, 0.717) is 12.3 Å². The topological polar surface area (TPSA) is 29.1 Å². The molecule has 1 atom stereocenters. The Bertz CT molecular complexity index is 367. The lowest BCUT2D eigenvalue weighted by atomic mass is 10.0. The maximum Gasteiger partial charge on any atom is 0.220 e. The fraction of sp³-hybridized carbons (Fsp3) is 0.562. The van der Waals surface area contributed by atoms with Crippen LogP contribution in [0.15, 0.2) is 24.3 Å². The van der Waals surface area contributed by atoms with Crippen LogP contribution in [0.2, 0.25) is 0 Å². The van der Waals surface area contributed by atoms with Crippen LogP contribution in [0, 0.1) is 12.8 Å². The van der Waals surface area contributed by atoms with Crippen molar-refractivity contribution in [3.05, 3.63) is 35.4 Å². The number of nitrogens with one attached hydrogen (secondary N) is 1. The molecule has 0 bridgehead atoms. The van der Waals surface area contributed by atoms with Crippen LogP contribution in [-0.2, 0) is 4.79 Å². The molecule has 1 N–H and O–H groups in total. The van der Waals surface area contributed by atoms with Crippen molar-refractivity contribution in [1.82, 2.24) is 5.32 Å². The Morgan fingerprint density at radius 3 is 2.33 bits per heavy atom. The molecular weight excluding hydrogens is 222 g/mol. The summed E-state index contributed by atoms with van der Waals surface area (Å²) in [7, 11) is 0. The van der Waals surface area contributed by atoms with Crippen molar-refractivity contribution in [3.63, 3.8) is 0 Å². The second kappa shape index (κ2) is 7.20. The van der Waals surface area contributed by atoms with Gasteiger partial charge < -0.3 is 5.32 Å². The van der Waals surface area contributed by atoms with Gasteiger partial charge in [0.15, 0.2) is 0 Å². The van der Waals surface area contributed by atoms with Gasteiger partial charge in [-0.2, -0.15) is 0 Å². The molecule has 0 aliphatic rings. The van der Waals surface area contributed by atoms with Gasteiger partial charge in [0.2, 0.25) is 5.91 Å². The number of rotatable bonds is 6. The lowest BCUT2D eigenvalue weighted by Crippen LogP contribution is -2.28. The number of benzene rings is 1. The molecule has 0 saturated heterocycles. The van der Waals surface area contributed by atoms with Crippen LogP contribution < -0.4 is 5.32 Å². The Kier molecular flexibility index (Phi) is 5.90. The van der Waals surface area contributed by atoms with Gasteiger partial charge in [-0.05, 0) is 31.2 Å². The lowest BCUT2D eigenvalue weighted by Gasteiger charge is -2.18. The molecule has 1 rings (SSSR count). The highest BCUT2D eigenvalue weighted by Crippen LogP contribution is 2.17. The van der Waals surface area contributed by atoms with Gasteiger partial charge in [0.1, 0.15) is 0 Å². The van der Waals surface area contributed by atoms with Crippen LogP contribution in [0.25, 0.3) is 0 Å². The largest absolute Gasteiger partial charge is 0.349 e. The zero-order chi connectivity index (χ0) is 13.5. The number of hydrogen-bond acceptors (Lipinski definition) is 1. The standard InChI is InChI=1S/C16H25NO/c1-5-15(14-9-7-13(4)8-10-14)17-16(18)11-6-12(2)3/h7-10,12,15H,5-6,11H2,1-4H3,(H,17,18). The van der Waals surface area contributed by atoms with Gasteiger partial charge in [0.25, 0.3) is 0 Å². The van der Waals surface area contributed by atoms with Crippen LogP contribution in [0.1, 0.15) is 57.2 Å². The summed E-state index contributed by atoms with van der Waals surface area (Å²) in [5.41, 5.74) is 2.45. The molecule has 1 aromatic carbocycles. The lowest BCUT2D eigenvalue weighted by molar-refractivity contribution is -0.122. The summed E-state index contributed by atoms with van der Waals surface area (Å²) < 4.78 is 0. The van der Waals surface area contributed by atoms with Crippen molar-refractivity contribution in [2.75, 3.05) is 0 Å². The average molecular weight is 247 g/mol. The summed E-state index contributed by atoms with van der Waals surface area (Å²) >= 11 is 0. The van der Waals surface area contributed by atoms with Gasteiger partial charge in [-0.25, -0.2) is 0 Å². The van der Waals surface area contributed by atoms with Crippen molar-refractivity contribution in [2.24, 2.45) is 5.92 Å². The molecule has 1 amide bonds. The fourth-order valence-corrected chi connectivity index (χ4v) is 1.91. The Labute approximate surface area is 111 Å². The fourth-order valence-electron chi connectivity index (χ4n) is 1.91. The smallest absolute Gasteiger partial charge is 0.220 e. The molecular formula is C16H25NO. The number of carbonyl (C=O) groups is 1. The van der Waals surface area contributed by atoms with E-state index < -0.39 is 0 Å². The molecule has 0 spiro atoms. The van der Waals surface area contributed by atoms with Crippen molar-refractivity contribution < 1.29 is 4.79 Å². The molecule has 0 aromatic heterocycles. The van der Waals surface area contributed by atoms with Gasteiger partial charge in [0, 0.05) is 6.42 Å². The molecule has 2 nitrogen and oxygen atoms in total. The first kappa shape index (κ1) is 14.7. The molecule has 0 aliphatic heterocycles. The summed E-state index contributed by atoms with van der Waals surface area (Å²) in [5.74, 6) is 0.742. The van der Waals surface area contributed by atoms with Crippen molar-refractivity contribution in [2.45, 2.75) is 53.0 Å². The molecule has 0 radical (unpaired) electrons. The van der Waals surface area contributed by atoms with Gasteiger partial charge in [0.05, 0.1) is 6.04 Å². The number of aryl methyl sites for hydroxylation is 1. The normalized spacial score (nSPS) is 12.5. The highest BCUT2D eigenvalue weighted by Gasteiger charge is 2.12. The first-order valence-corrected chi connectivity index (χ1v) is 6.88. The van der Waals surface area contributed by atoms with E-state index in [1.165, 1.54) is 11.1 Å². The maximum absolute atomic E-state index is 11.8. The summed E-state index contributed by atoms with van der Waals surface area (Å²) in [6.07, 6.45) is 2.51. The average Bonchev–Trinajstić information content (AvgIpc) is 2.34. The van der Waals surface area contributed by atoms with E-state index in [1.54, 1.807) is 0 Å². The molecule has 2 heteroatoms. The molecule has 0 aliphatic carbocycles. The second-order valence-corrected chi connectivity index (χ2v) is 5.37. The SMILES string of the molecule is CCC(NC(=O)CCC(C)C)c1ccc(C)cc1. The van der Waals surface area contributed by atoms with E-state index in [1.807, 2.05) is 0 Å². The Morgan fingerprint density at radius 2 is 1.83 bits per heavy atom. The third-order valence-electron chi connectivity index (χ3n) is 3.17. The quantitative estimate of drug-likeness (QED) is 0.809. The van der Waals surface area contributed by atoms with E-state index in [4.69, 9.17) is 0 Å². The number of hydrogen-bond donors (Lipinski definition) is 1. The Morgan fingerprint density at radius 1 is 1.22 bits per heavy atom. The van der Waals surface area contributed by atoms with E-state index >= 15 is 0 Å². The molecule has 0 saturated carbocycles. The summed E-state index contributed by atoms with van der Waals surface area (Å²) in [6.45, 7) is 8.47. The zero-order valence-electron chi connectivity index (χ0n) is 12.0. The summed E-state index contributed by atoms with van der Waals surface area (Å²) in [4.78, 5) is 11.8. The molecule has 1 aromatic rings. The van der Waals surface area contributed by atoms with E-state index in [2.05, 4.69) is 57.3 Å². The van der Waals surface area contributed by atoms with E-state index in [-0.39, 0.29) is 11.9 Å². The first-order valence-electron chi connectivity index (χ1n) is 6.88. The van der Waals surface area contributed by atoms with Gasteiger partial charge in [-0.1, -0.05) is 50.6 Å². The molecule has 0 heterocycles. The number of carbonyl (C=O) groups excluding carboxylic acids is 1. The Hall–Kier alpha value is -1.31. The predicted octanol–water partition coefficient (Wildman–Crippen LogP) is 4.00. The minimum atomic E-state index is 0.144. The molecule has 18 heavy (non-hydrogen) atoms. The highest BCUT2D eigenvalue weighted by molar-refractivity contribution is 5.76.